The van der Waals surface area contributed by atoms with Crippen LogP contribution in [-0.4, -0.2) is 35.7 Å². The van der Waals surface area contributed by atoms with Gasteiger partial charge < -0.3 is 19.4 Å². The summed E-state index contributed by atoms with van der Waals surface area (Å²) in [7, 11) is 0. The van der Waals surface area contributed by atoms with E-state index in [0.29, 0.717) is 13.2 Å². The normalized spacial score (nSPS) is 15.5. The van der Waals surface area contributed by atoms with Crippen LogP contribution in [0.25, 0.3) is 10.9 Å². The second kappa shape index (κ2) is 9.79. The van der Waals surface area contributed by atoms with Crippen LogP contribution in [0.2, 0.25) is 0 Å². The van der Waals surface area contributed by atoms with Gasteiger partial charge >= 0.3 is 5.97 Å². The Labute approximate surface area is 182 Å². The highest BCUT2D eigenvalue weighted by Crippen LogP contribution is 2.32. The van der Waals surface area contributed by atoms with Crippen LogP contribution >= 0.6 is 0 Å². The molecule has 0 bridgehead atoms. The summed E-state index contributed by atoms with van der Waals surface area (Å²) in [4.78, 5) is 24.5. The zero-order valence-electron chi connectivity index (χ0n) is 17.8. The van der Waals surface area contributed by atoms with Crippen molar-refractivity contribution in [2.75, 3.05) is 13.2 Å². The van der Waals surface area contributed by atoms with E-state index in [2.05, 4.69) is 16.0 Å². The number of nitrogens with one attached hydrogen (secondary N) is 1. The first kappa shape index (κ1) is 21.1. The molecule has 6 nitrogen and oxygen atoms in total. The van der Waals surface area contributed by atoms with Crippen LogP contribution in [0.15, 0.2) is 54.6 Å². The van der Waals surface area contributed by atoms with Crippen molar-refractivity contribution in [2.45, 2.75) is 45.4 Å². The number of para-hydroxylation sites is 1. The van der Waals surface area contributed by atoms with Crippen molar-refractivity contribution in [1.29, 1.82) is 0 Å². The summed E-state index contributed by atoms with van der Waals surface area (Å²) in [5, 5.41) is 4.26. The number of esters is 1. The number of fused-ring (bicyclic) bond motifs is 3. The lowest BCUT2D eigenvalue weighted by atomic mass is 9.91. The SMILES string of the molecule is CCOC(=O)Cn1c2c(c3ccccc31)C[C@H](NC(=O)COCc1ccccc1)CC2. The number of carbonyl (C=O) groups excluding carboxylic acids is 2. The molecule has 1 heterocycles. The molecule has 0 radical (unpaired) electrons. The van der Waals surface area contributed by atoms with Gasteiger partial charge in [0.2, 0.25) is 5.91 Å². The van der Waals surface area contributed by atoms with Gasteiger partial charge in [-0.25, -0.2) is 0 Å². The molecule has 2 aromatic carbocycles. The first-order chi connectivity index (χ1) is 15.2. The van der Waals surface area contributed by atoms with E-state index < -0.39 is 0 Å². The summed E-state index contributed by atoms with van der Waals surface area (Å²) in [6, 6.07) is 18.0. The Balaban J connectivity index is 1.41. The predicted octanol–water partition coefficient (Wildman–Crippen LogP) is 3.39. The number of amides is 1. The lowest BCUT2D eigenvalue weighted by Gasteiger charge is -2.25. The van der Waals surface area contributed by atoms with Crippen LogP contribution in [0.3, 0.4) is 0 Å². The maximum atomic E-state index is 12.4. The Hall–Kier alpha value is -3.12. The molecule has 162 valence electrons. The second-order valence-electron chi connectivity index (χ2n) is 7.82. The number of aromatic nitrogens is 1. The summed E-state index contributed by atoms with van der Waals surface area (Å²) < 4.78 is 12.8. The van der Waals surface area contributed by atoms with Crippen molar-refractivity contribution in [3.05, 3.63) is 71.4 Å². The van der Waals surface area contributed by atoms with E-state index in [-0.39, 0.29) is 31.1 Å². The summed E-state index contributed by atoms with van der Waals surface area (Å²) in [5.41, 5.74) is 4.47. The van der Waals surface area contributed by atoms with Gasteiger partial charge in [0.1, 0.15) is 13.2 Å². The monoisotopic (exact) mass is 420 g/mol. The Bertz CT molecular complexity index is 1060. The molecule has 0 saturated carbocycles. The third-order valence-electron chi connectivity index (χ3n) is 5.68. The number of rotatable bonds is 8. The number of hydrogen-bond donors (Lipinski definition) is 1. The number of nitrogens with zero attached hydrogens (tertiary/aromatic N) is 1. The van der Waals surface area contributed by atoms with Crippen molar-refractivity contribution in [1.82, 2.24) is 9.88 Å². The van der Waals surface area contributed by atoms with Crippen LogP contribution in [-0.2, 0) is 45.1 Å². The molecule has 1 aliphatic rings. The summed E-state index contributed by atoms with van der Waals surface area (Å²) in [5.74, 6) is -0.323. The Morgan fingerprint density at radius 3 is 2.68 bits per heavy atom. The predicted molar refractivity (Wildman–Crippen MR) is 119 cm³/mol. The highest BCUT2D eigenvalue weighted by atomic mass is 16.5. The Morgan fingerprint density at radius 1 is 1.10 bits per heavy atom. The van der Waals surface area contributed by atoms with E-state index in [0.717, 1.165) is 35.7 Å². The molecule has 3 aromatic rings. The van der Waals surface area contributed by atoms with Crippen molar-refractivity contribution in [2.24, 2.45) is 0 Å². The number of hydrogen-bond acceptors (Lipinski definition) is 4. The molecule has 0 saturated heterocycles. The third kappa shape index (κ3) is 4.97. The van der Waals surface area contributed by atoms with Crippen molar-refractivity contribution in [3.63, 3.8) is 0 Å². The van der Waals surface area contributed by atoms with E-state index in [4.69, 9.17) is 9.47 Å². The molecule has 1 aliphatic carbocycles. The zero-order valence-corrected chi connectivity index (χ0v) is 17.8. The maximum absolute atomic E-state index is 12.4. The van der Waals surface area contributed by atoms with Gasteiger partial charge in [0.25, 0.3) is 0 Å². The van der Waals surface area contributed by atoms with Crippen molar-refractivity contribution < 1.29 is 19.1 Å². The summed E-state index contributed by atoms with van der Waals surface area (Å²) in [6.45, 7) is 2.87. The first-order valence-electron chi connectivity index (χ1n) is 10.8. The lowest BCUT2D eigenvalue weighted by Crippen LogP contribution is -2.40. The molecule has 1 amide bonds. The smallest absolute Gasteiger partial charge is 0.325 e. The molecule has 0 aliphatic heterocycles. The summed E-state index contributed by atoms with van der Waals surface area (Å²) >= 11 is 0. The minimum Gasteiger partial charge on any atom is -0.465 e. The first-order valence-corrected chi connectivity index (χ1v) is 10.8. The van der Waals surface area contributed by atoms with Gasteiger partial charge in [-0.2, -0.15) is 0 Å². The quantitative estimate of drug-likeness (QED) is 0.567. The molecule has 4 rings (SSSR count). The molecule has 1 aromatic heterocycles. The molecule has 0 fully saturated rings. The zero-order chi connectivity index (χ0) is 21.6. The third-order valence-corrected chi connectivity index (χ3v) is 5.68. The minimum absolute atomic E-state index is 0.0445. The molecule has 1 atom stereocenters. The van der Waals surface area contributed by atoms with E-state index in [1.807, 2.05) is 55.5 Å². The minimum atomic E-state index is -0.225. The van der Waals surface area contributed by atoms with Crippen LogP contribution in [0.5, 0.6) is 0 Å². The molecule has 31 heavy (non-hydrogen) atoms. The highest BCUT2D eigenvalue weighted by molar-refractivity contribution is 5.87. The van der Waals surface area contributed by atoms with Crippen molar-refractivity contribution in [3.8, 4) is 0 Å². The molecular weight excluding hydrogens is 392 g/mol. The van der Waals surface area contributed by atoms with Gasteiger partial charge in [0.15, 0.2) is 0 Å². The number of ether oxygens (including phenoxy) is 2. The molecule has 0 spiro atoms. The van der Waals surface area contributed by atoms with Gasteiger partial charge in [-0.15, -0.1) is 0 Å². The Kier molecular flexibility index (Phi) is 6.67. The van der Waals surface area contributed by atoms with Gasteiger partial charge in [-0.05, 0) is 43.4 Å². The summed E-state index contributed by atoms with van der Waals surface area (Å²) in [6.07, 6.45) is 2.38. The molecule has 1 N–H and O–H groups in total. The fourth-order valence-electron chi connectivity index (χ4n) is 4.35. The van der Waals surface area contributed by atoms with E-state index >= 15 is 0 Å². The fraction of sp³-hybridized carbons (Fsp3) is 0.360. The van der Waals surface area contributed by atoms with Crippen LogP contribution in [0, 0.1) is 0 Å². The number of carbonyl (C=O) groups is 2. The topological polar surface area (TPSA) is 69.6 Å². The molecule has 6 heteroatoms. The second-order valence-corrected chi connectivity index (χ2v) is 7.82. The molecule has 0 unspecified atom stereocenters. The Morgan fingerprint density at radius 2 is 1.87 bits per heavy atom. The van der Waals surface area contributed by atoms with Gasteiger partial charge in [0.05, 0.1) is 13.2 Å². The standard InChI is InChI=1S/C25H28N2O4/c1-2-31-25(29)15-27-22-11-7-6-10-20(22)21-14-19(12-13-23(21)27)26-24(28)17-30-16-18-8-4-3-5-9-18/h3-11,19H,2,12-17H2,1H3,(H,26,28)/t19-/m1/s1. The average Bonchev–Trinajstić information content (AvgIpc) is 3.08. The van der Waals surface area contributed by atoms with Crippen molar-refractivity contribution >= 4 is 22.8 Å². The van der Waals surface area contributed by atoms with E-state index in [1.165, 1.54) is 11.3 Å². The van der Waals surface area contributed by atoms with Gasteiger partial charge in [-0.3, -0.25) is 9.59 Å². The highest BCUT2D eigenvalue weighted by Gasteiger charge is 2.27. The van der Waals surface area contributed by atoms with Crippen LogP contribution in [0.4, 0.5) is 0 Å². The molecular formula is C25H28N2O4. The van der Waals surface area contributed by atoms with E-state index in [9.17, 15) is 9.59 Å². The largest absolute Gasteiger partial charge is 0.465 e. The van der Waals surface area contributed by atoms with E-state index in [1.54, 1.807) is 0 Å². The average molecular weight is 421 g/mol. The van der Waals surface area contributed by atoms with Crippen LogP contribution in [0.1, 0.15) is 30.2 Å². The number of benzene rings is 2. The van der Waals surface area contributed by atoms with Gasteiger partial charge in [-0.1, -0.05) is 48.5 Å². The maximum Gasteiger partial charge on any atom is 0.325 e. The lowest BCUT2D eigenvalue weighted by molar-refractivity contribution is -0.143. The fourth-order valence-corrected chi connectivity index (χ4v) is 4.35. The van der Waals surface area contributed by atoms with Gasteiger partial charge in [0, 0.05) is 22.6 Å². The van der Waals surface area contributed by atoms with Crippen LogP contribution < -0.4 is 5.32 Å².